The molecule has 3 nitrogen and oxygen atoms in total. The molecule has 0 aliphatic heterocycles. The number of hydrogen-bond acceptors (Lipinski definition) is 3. The SMILES string of the molecule is Nc1ncc(C=CCC=O)c2ccccc12. The molecular formula is C13H12N2O. The number of aldehydes is 1. The number of nitrogens with two attached hydrogens (primary N) is 1. The lowest BCUT2D eigenvalue weighted by Gasteiger charge is -2.03. The molecule has 16 heavy (non-hydrogen) atoms. The molecule has 1 aromatic carbocycles. The van der Waals surface area contributed by atoms with Crippen LogP contribution < -0.4 is 5.73 Å². The van der Waals surface area contributed by atoms with Gasteiger partial charge in [0.1, 0.15) is 12.1 Å². The number of carbonyl (C=O) groups excluding carboxylic acids is 1. The van der Waals surface area contributed by atoms with Crippen molar-refractivity contribution in [3.05, 3.63) is 42.1 Å². The molecule has 0 fully saturated rings. The number of pyridine rings is 1. The van der Waals surface area contributed by atoms with Gasteiger partial charge in [-0.05, 0) is 5.39 Å². The Balaban J connectivity index is 2.54. The lowest BCUT2D eigenvalue weighted by molar-refractivity contribution is -0.107. The number of anilines is 1. The van der Waals surface area contributed by atoms with E-state index >= 15 is 0 Å². The Bertz CT molecular complexity index is 547. The van der Waals surface area contributed by atoms with Crippen molar-refractivity contribution < 1.29 is 4.79 Å². The standard InChI is InChI=1S/C13H12N2O/c14-13-12-7-2-1-6-11(12)10(9-15-13)5-3-4-8-16/h1-3,5-9H,4H2,(H2,14,15). The highest BCUT2D eigenvalue weighted by molar-refractivity contribution is 5.96. The molecule has 2 N–H and O–H groups in total. The lowest BCUT2D eigenvalue weighted by atomic mass is 10.1. The minimum absolute atomic E-state index is 0.415. The Morgan fingerprint density at radius 2 is 2.00 bits per heavy atom. The third kappa shape index (κ3) is 1.93. The van der Waals surface area contributed by atoms with Gasteiger partial charge in [-0.3, -0.25) is 0 Å². The van der Waals surface area contributed by atoms with Crippen LogP contribution in [0.15, 0.2) is 36.5 Å². The van der Waals surface area contributed by atoms with Crippen LogP contribution in [0.3, 0.4) is 0 Å². The average molecular weight is 212 g/mol. The molecular weight excluding hydrogens is 200 g/mol. The number of hydrogen-bond donors (Lipinski definition) is 1. The zero-order valence-electron chi connectivity index (χ0n) is 8.76. The number of allylic oxidation sites excluding steroid dienone is 1. The molecule has 2 rings (SSSR count). The number of nitrogens with zero attached hydrogens (tertiary/aromatic N) is 1. The van der Waals surface area contributed by atoms with Crippen molar-refractivity contribution in [3.8, 4) is 0 Å². The number of nitrogen functional groups attached to an aromatic ring is 1. The van der Waals surface area contributed by atoms with E-state index in [1.165, 1.54) is 0 Å². The van der Waals surface area contributed by atoms with Gasteiger partial charge in [0, 0.05) is 23.6 Å². The smallest absolute Gasteiger partial charge is 0.131 e. The predicted molar refractivity (Wildman–Crippen MR) is 65.9 cm³/mol. The van der Waals surface area contributed by atoms with E-state index in [2.05, 4.69) is 4.98 Å². The van der Waals surface area contributed by atoms with E-state index in [1.807, 2.05) is 36.4 Å². The zero-order valence-corrected chi connectivity index (χ0v) is 8.76. The molecule has 80 valence electrons. The van der Waals surface area contributed by atoms with Crippen molar-refractivity contribution in [3.63, 3.8) is 0 Å². The molecule has 1 heterocycles. The minimum Gasteiger partial charge on any atom is -0.383 e. The van der Waals surface area contributed by atoms with Gasteiger partial charge in [-0.25, -0.2) is 4.98 Å². The second-order valence-corrected chi connectivity index (χ2v) is 3.45. The second-order valence-electron chi connectivity index (χ2n) is 3.45. The molecule has 0 unspecified atom stereocenters. The van der Waals surface area contributed by atoms with Gasteiger partial charge < -0.3 is 10.5 Å². The largest absolute Gasteiger partial charge is 0.383 e. The number of fused-ring (bicyclic) bond motifs is 1. The number of benzene rings is 1. The molecule has 2 aromatic rings. The Morgan fingerprint density at radius 3 is 2.75 bits per heavy atom. The van der Waals surface area contributed by atoms with Crippen LogP contribution in [0.5, 0.6) is 0 Å². The van der Waals surface area contributed by atoms with Crippen molar-refractivity contribution in [2.75, 3.05) is 5.73 Å². The first kappa shape index (κ1) is 10.4. The first-order valence-corrected chi connectivity index (χ1v) is 5.06. The van der Waals surface area contributed by atoms with Crippen molar-refractivity contribution in [1.82, 2.24) is 4.98 Å². The number of carbonyl (C=O) groups is 1. The van der Waals surface area contributed by atoms with Gasteiger partial charge in [0.25, 0.3) is 0 Å². The first-order valence-electron chi connectivity index (χ1n) is 5.06. The summed E-state index contributed by atoms with van der Waals surface area (Å²) < 4.78 is 0. The van der Waals surface area contributed by atoms with E-state index in [1.54, 1.807) is 6.20 Å². The van der Waals surface area contributed by atoms with E-state index in [4.69, 9.17) is 5.73 Å². The molecule has 0 saturated carbocycles. The molecule has 0 aliphatic rings. The van der Waals surface area contributed by atoms with Crippen LogP contribution in [-0.2, 0) is 4.79 Å². The second kappa shape index (κ2) is 4.57. The highest BCUT2D eigenvalue weighted by atomic mass is 16.1. The highest BCUT2D eigenvalue weighted by Crippen LogP contribution is 2.23. The van der Waals surface area contributed by atoms with Crippen LogP contribution in [0.4, 0.5) is 5.82 Å². The van der Waals surface area contributed by atoms with E-state index < -0.39 is 0 Å². The van der Waals surface area contributed by atoms with Gasteiger partial charge in [0.05, 0.1) is 0 Å². The predicted octanol–water partition coefficient (Wildman–Crippen LogP) is 2.42. The number of aromatic nitrogens is 1. The van der Waals surface area contributed by atoms with Crippen molar-refractivity contribution >= 4 is 29.0 Å². The van der Waals surface area contributed by atoms with Crippen LogP contribution >= 0.6 is 0 Å². The summed E-state index contributed by atoms with van der Waals surface area (Å²) in [7, 11) is 0. The average Bonchev–Trinajstić information content (AvgIpc) is 2.33. The quantitative estimate of drug-likeness (QED) is 0.795. The van der Waals surface area contributed by atoms with Gasteiger partial charge in [0.15, 0.2) is 0 Å². The maximum atomic E-state index is 10.2. The van der Waals surface area contributed by atoms with E-state index in [0.29, 0.717) is 12.2 Å². The summed E-state index contributed by atoms with van der Waals surface area (Å²) in [4.78, 5) is 14.4. The summed E-state index contributed by atoms with van der Waals surface area (Å²) in [5.74, 6) is 0.531. The number of rotatable bonds is 3. The Hall–Kier alpha value is -2.16. The third-order valence-corrected chi connectivity index (χ3v) is 2.39. The normalized spacial score (nSPS) is 11.0. The van der Waals surface area contributed by atoms with Crippen molar-refractivity contribution in [2.24, 2.45) is 0 Å². The third-order valence-electron chi connectivity index (χ3n) is 2.39. The monoisotopic (exact) mass is 212 g/mol. The Kier molecular flexibility index (Phi) is 2.96. The topological polar surface area (TPSA) is 56.0 Å². The highest BCUT2D eigenvalue weighted by Gasteiger charge is 2.01. The summed E-state index contributed by atoms with van der Waals surface area (Å²) in [5, 5.41) is 1.99. The van der Waals surface area contributed by atoms with Gasteiger partial charge in [0.2, 0.25) is 0 Å². The fraction of sp³-hybridized carbons (Fsp3) is 0.0769. The van der Waals surface area contributed by atoms with E-state index in [9.17, 15) is 4.79 Å². The molecule has 0 amide bonds. The molecule has 3 heteroatoms. The van der Waals surface area contributed by atoms with Crippen LogP contribution in [-0.4, -0.2) is 11.3 Å². The van der Waals surface area contributed by atoms with Gasteiger partial charge in [-0.2, -0.15) is 0 Å². The fourth-order valence-electron chi connectivity index (χ4n) is 1.62. The van der Waals surface area contributed by atoms with Crippen LogP contribution in [0.1, 0.15) is 12.0 Å². The van der Waals surface area contributed by atoms with Gasteiger partial charge in [-0.1, -0.05) is 36.4 Å². The molecule has 0 radical (unpaired) electrons. The van der Waals surface area contributed by atoms with Gasteiger partial charge >= 0.3 is 0 Å². The van der Waals surface area contributed by atoms with Crippen molar-refractivity contribution in [1.29, 1.82) is 0 Å². The maximum absolute atomic E-state index is 10.2. The van der Waals surface area contributed by atoms with E-state index in [-0.39, 0.29) is 0 Å². The summed E-state index contributed by atoms with van der Waals surface area (Å²) in [6.45, 7) is 0. The minimum atomic E-state index is 0.415. The van der Waals surface area contributed by atoms with Crippen LogP contribution in [0.2, 0.25) is 0 Å². The molecule has 1 aromatic heterocycles. The maximum Gasteiger partial charge on any atom is 0.131 e. The zero-order chi connectivity index (χ0) is 11.4. The summed E-state index contributed by atoms with van der Waals surface area (Å²) in [5.41, 5.74) is 6.77. The Labute approximate surface area is 93.6 Å². The molecule has 0 aliphatic carbocycles. The summed E-state index contributed by atoms with van der Waals surface area (Å²) in [6, 6.07) is 7.82. The van der Waals surface area contributed by atoms with Crippen LogP contribution in [0, 0.1) is 0 Å². The van der Waals surface area contributed by atoms with E-state index in [0.717, 1.165) is 22.6 Å². The molecule has 0 spiro atoms. The molecule has 0 saturated heterocycles. The summed E-state index contributed by atoms with van der Waals surface area (Å²) >= 11 is 0. The first-order chi connectivity index (χ1) is 7.83. The van der Waals surface area contributed by atoms with Crippen LogP contribution in [0.25, 0.3) is 16.8 Å². The molecule has 0 bridgehead atoms. The fourth-order valence-corrected chi connectivity index (χ4v) is 1.62. The van der Waals surface area contributed by atoms with Crippen molar-refractivity contribution in [2.45, 2.75) is 6.42 Å². The van der Waals surface area contributed by atoms with Gasteiger partial charge in [-0.15, -0.1) is 0 Å². The Morgan fingerprint density at radius 1 is 1.25 bits per heavy atom. The molecule has 0 atom stereocenters. The summed E-state index contributed by atoms with van der Waals surface area (Å²) in [6.07, 6.45) is 6.71. The lowest BCUT2D eigenvalue weighted by Crippen LogP contribution is -1.92.